The maximum absolute atomic E-state index is 12.0. The third kappa shape index (κ3) is 5.36. The minimum absolute atomic E-state index is 0.0384. The van der Waals surface area contributed by atoms with E-state index >= 15 is 0 Å². The quantitative estimate of drug-likeness (QED) is 0.797. The van der Waals surface area contributed by atoms with Gasteiger partial charge in [-0.25, -0.2) is 4.79 Å². The average molecular weight is 287 g/mol. The molecule has 116 valence electrons. The summed E-state index contributed by atoms with van der Waals surface area (Å²) >= 11 is 0. The highest BCUT2D eigenvalue weighted by molar-refractivity contribution is 5.70. The first kappa shape index (κ1) is 16.8. The van der Waals surface area contributed by atoms with Crippen molar-refractivity contribution < 1.29 is 24.2 Å². The molecule has 0 unspecified atom stereocenters. The summed E-state index contributed by atoms with van der Waals surface area (Å²) in [5.41, 5.74) is -0.533. The standard InChI is InChI=1S/C14H25NO5/c1-14(2,3)20-13(18)15-7-5-6-10(9-15)11(16)8-12(17)19-4/h10-11,16H,5-9H2,1-4H3/t10-,11+/m0/s1. The molecule has 1 saturated heterocycles. The van der Waals surface area contributed by atoms with Crippen LogP contribution in [0.3, 0.4) is 0 Å². The van der Waals surface area contributed by atoms with Crippen LogP contribution in [0.25, 0.3) is 0 Å². The minimum Gasteiger partial charge on any atom is -0.469 e. The van der Waals surface area contributed by atoms with Crippen molar-refractivity contribution in [3.8, 4) is 0 Å². The lowest BCUT2D eigenvalue weighted by molar-refractivity contribution is -0.143. The molecule has 0 aromatic heterocycles. The Morgan fingerprint density at radius 3 is 2.60 bits per heavy atom. The van der Waals surface area contributed by atoms with Gasteiger partial charge in [0.25, 0.3) is 0 Å². The molecule has 1 heterocycles. The van der Waals surface area contributed by atoms with Gasteiger partial charge in [0.1, 0.15) is 5.60 Å². The number of methoxy groups -OCH3 is 1. The van der Waals surface area contributed by atoms with E-state index in [4.69, 9.17) is 4.74 Å². The van der Waals surface area contributed by atoms with Crippen molar-refractivity contribution in [1.82, 2.24) is 4.90 Å². The highest BCUT2D eigenvalue weighted by Crippen LogP contribution is 2.23. The maximum Gasteiger partial charge on any atom is 0.410 e. The molecule has 1 aliphatic heterocycles. The van der Waals surface area contributed by atoms with Crippen LogP contribution in [0.15, 0.2) is 0 Å². The second kappa shape index (κ2) is 6.92. The molecule has 6 nitrogen and oxygen atoms in total. The lowest BCUT2D eigenvalue weighted by atomic mass is 9.91. The number of hydrogen-bond donors (Lipinski definition) is 1. The molecule has 20 heavy (non-hydrogen) atoms. The zero-order valence-electron chi connectivity index (χ0n) is 12.7. The van der Waals surface area contributed by atoms with Crippen LogP contribution in [0.4, 0.5) is 4.79 Å². The van der Waals surface area contributed by atoms with Gasteiger partial charge in [-0.1, -0.05) is 0 Å². The summed E-state index contributed by atoms with van der Waals surface area (Å²) in [4.78, 5) is 24.8. The second-order valence-corrected chi connectivity index (χ2v) is 6.18. The Morgan fingerprint density at radius 1 is 1.40 bits per heavy atom. The Labute approximate surface area is 120 Å². The third-order valence-electron chi connectivity index (χ3n) is 3.26. The number of carbonyl (C=O) groups excluding carboxylic acids is 2. The van der Waals surface area contributed by atoms with E-state index < -0.39 is 17.7 Å². The van der Waals surface area contributed by atoms with Gasteiger partial charge in [-0.15, -0.1) is 0 Å². The molecular formula is C14H25NO5. The number of amides is 1. The first-order chi connectivity index (χ1) is 9.23. The average Bonchev–Trinajstić information content (AvgIpc) is 2.36. The topological polar surface area (TPSA) is 76.1 Å². The molecule has 0 saturated carbocycles. The van der Waals surface area contributed by atoms with Crippen LogP contribution in [0.5, 0.6) is 0 Å². The smallest absolute Gasteiger partial charge is 0.410 e. The van der Waals surface area contributed by atoms with Crippen molar-refractivity contribution in [2.45, 2.75) is 51.7 Å². The molecule has 1 N–H and O–H groups in total. The third-order valence-corrected chi connectivity index (χ3v) is 3.26. The van der Waals surface area contributed by atoms with Crippen LogP contribution in [-0.4, -0.2) is 54.0 Å². The highest BCUT2D eigenvalue weighted by Gasteiger charge is 2.31. The molecular weight excluding hydrogens is 262 g/mol. The van der Waals surface area contributed by atoms with E-state index in [2.05, 4.69) is 4.74 Å². The number of likely N-dealkylation sites (tertiary alicyclic amines) is 1. The molecule has 1 aliphatic rings. The lowest BCUT2D eigenvalue weighted by Gasteiger charge is -2.35. The largest absolute Gasteiger partial charge is 0.469 e. The molecule has 1 fully saturated rings. The van der Waals surface area contributed by atoms with Crippen molar-refractivity contribution in [1.29, 1.82) is 0 Å². The molecule has 0 aromatic rings. The summed E-state index contributed by atoms with van der Waals surface area (Å²) in [6.45, 7) is 6.48. The van der Waals surface area contributed by atoms with Crippen LogP contribution >= 0.6 is 0 Å². The SMILES string of the molecule is COC(=O)C[C@@H](O)[C@H]1CCCN(C(=O)OC(C)(C)C)C1. The van der Waals surface area contributed by atoms with Crippen molar-refractivity contribution in [2.24, 2.45) is 5.92 Å². The van der Waals surface area contributed by atoms with Gasteiger partial charge in [-0.05, 0) is 33.6 Å². The normalized spacial score (nSPS) is 21.2. The fraction of sp³-hybridized carbons (Fsp3) is 0.857. The van der Waals surface area contributed by atoms with Crippen molar-refractivity contribution in [3.63, 3.8) is 0 Å². The molecule has 6 heteroatoms. The van der Waals surface area contributed by atoms with Gasteiger partial charge in [0.15, 0.2) is 0 Å². The molecule has 1 rings (SSSR count). The lowest BCUT2D eigenvalue weighted by Crippen LogP contribution is -2.45. The van der Waals surface area contributed by atoms with Gasteiger partial charge in [-0.2, -0.15) is 0 Å². The van der Waals surface area contributed by atoms with Gasteiger partial charge in [0.05, 0.1) is 19.6 Å². The number of hydrogen-bond acceptors (Lipinski definition) is 5. The summed E-state index contributed by atoms with van der Waals surface area (Å²) in [7, 11) is 1.29. The number of esters is 1. The van der Waals surface area contributed by atoms with Crippen molar-refractivity contribution >= 4 is 12.1 Å². The number of ether oxygens (including phenoxy) is 2. The number of rotatable bonds is 3. The van der Waals surface area contributed by atoms with E-state index in [0.717, 1.165) is 12.8 Å². The summed E-state index contributed by atoms with van der Waals surface area (Å²) in [6.07, 6.45) is 0.392. The van der Waals surface area contributed by atoms with Crippen molar-refractivity contribution in [2.75, 3.05) is 20.2 Å². The first-order valence-corrected chi connectivity index (χ1v) is 6.95. The van der Waals surface area contributed by atoms with Gasteiger partial charge >= 0.3 is 12.1 Å². The molecule has 0 radical (unpaired) electrons. The number of aliphatic hydroxyl groups is 1. The van der Waals surface area contributed by atoms with Gasteiger partial charge in [0, 0.05) is 19.0 Å². The van der Waals surface area contributed by atoms with Crippen LogP contribution in [-0.2, 0) is 14.3 Å². The summed E-state index contributed by atoms with van der Waals surface area (Å²) in [6, 6.07) is 0. The fourth-order valence-corrected chi connectivity index (χ4v) is 2.24. The van der Waals surface area contributed by atoms with Crippen molar-refractivity contribution in [3.05, 3.63) is 0 Å². The minimum atomic E-state index is -0.785. The molecule has 0 bridgehead atoms. The predicted molar refractivity (Wildman–Crippen MR) is 73.2 cm³/mol. The number of aliphatic hydroxyl groups excluding tert-OH is 1. The van der Waals surface area contributed by atoms with Gasteiger partial charge in [-0.3, -0.25) is 4.79 Å². The molecule has 1 amide bonds. The molecule has 0 aliphatic carbocycles. The van der Waals surface area contributed by atoms with E-state index in [1.807, 2.05) is 20.8 Å². The zero-order valence-corrected chi connectivity index (χ0v) is 12.7. The van der Waals surface area contributed by atoms with Crippen LogP contribution in [0.2, 0.25) is 0 Å². The molecule has 2 atom stereocenters. The maximum atomic E-state index is 12.0. The summed E-state index contributed by atoms with van der Waals surface area (Å²) < 4.78 is 9.87. The van der Waals surface area contributed by atoms with E-state index in [-0.39, 0.29) is 18.4 Å². The second-order valence-electron chi connectivity index (χ2n) is 6.18. The Morgan fingerprint density at radius 2 is 2.05 bits per heavy atom. The van der Waals surface area contributed by atoms with E-state index in [1.54, 1.807) is 4.90 Å². The Bertz CT molecular complexity index is 350. The summed E-state index contributed by atoms with van der Waals surface area (Å²) in [5, 5.41) is 10.0. The van der Waals surface area contributed by atoms with Gasteiger partial charge in [0.2, 0.25) is 0 Å². The highest BCUT2D eigenvalue weighted by atomic mass is 16.6. The Balaban J connectivity index is 2.53. The molecule has 0 spiro atoms. The summed E-state index contributed by atoms with van der Waals surface area (Å²) in [5.74, 6) is -0.553. The van der Waals surface area contributed by atoms with E-state index in [0.29, 0.717) is 13.1 Å². The number of nitrogens with zero attached hydrogens (tertiary/aromatic N) is 1. The van der Waals surface area contributed by atoms with Crippen LogP contribution in [0.1, 0.15) is 40.0 Å². The monoisotopic (exact) mass is 287 g/mol. The Hall–Kier alpha value is -1.30. The van der Waals surface area contributed by atoms with Gasteiger partial charge < -0.3 is 19.5 Å². The van der Waals surface area contributed by atoms with Crippen LogP contribution < -0.4 is 0 Å². The zero-order chi connectivity index (χ0) is 15.3. The number of piperidine rings is 1. The Kier molecular flexibility index (Phi) is 5.80. The fourth-order valence-electron chi connectivity index (χ4n) is 2.24. The predicted octanol–water partition coefficient (Wildman–Crippen LogP) is 1.56. The first-order valence-electron chi connectivity index (χ1n) is 6.95. The van der Waals surface area contributed by atoms with E-state index in [1.165, 1.54) is 7.11 Å². The van der Waals surface area contributed by atoms with E-state index in [9.17, 15) is 14.7 Å². The number of carbonyl (C=O) groups is 2. The molecule has 0 aromatic carbocycles. The van der Waals surface area contributed by atoms with Crippen LogP contribution in [0, 0.1) is 5.92 Å².